The quantitative estimate of drug-likeness (QED) is 0.310. The minimum atomic E-state index is 0. The van der Waals surface area contributed by atoms with Crippen molar-refractivity contribution in [3.05, 3.63) is 0 Å². The molecule has 4 heavy (non-hydrogen) atoms. The van der Waals surface area contributed by atoms with Crippen molar-refractivity contribution in [2.45, 2.75) is 0 Å². The normalized spacial score (nSPS) is 0.500. The third-order valence-corrected chi connectivity index (χ3v) is 0. The van der Waals surface area contributed by atoms with Crippen LogP contribution in [0.25, 0.3) is 0 Å². The van der Waals surface area contributed by atoms with Gasteiger partial charge in [0.05, 0.1) is 0 Å². The fourth-order valence-electron chi connectivity index (χ4n) is 0. The van der Waals surface area contributed by atoms with Crippen molar-refractivity contribution in [3.63, 3.8) is 0 Å². The Kier molecular flexibility index (Phi) is 184. The Labute approximate surface area is 59.1 Å². The van der Waals surface area contributed by atoms with Gasteiger partial charge in [0, 0.05) is 23.1 Å². The van der Waals surface area contributed by atoms with E-state index < -0.39 is 0 Å². The first-order valence-electron chi connectivity index (χ1n) is 0.258. The molecule has 1 nitrogen and oxygen atoms in total. The summed E-state index contributed by atoms with van der Waals surface area (Å²) in [5.74, 6) is 0. The smallest absolute Gasteiger partial charge is 1.00 e. The first kappa shape index (κ1) is 20.1. The predicted molar refractivity (Wildman–Crippen MR) is 7.78 cm³/mol. The van der Waals surface area contributed by atoms with Crippen LogP contribution in [0.2, 0.25) is 0 Å². The van der Waals surface area contributed by atoms with Crippen molar-refractivity contribution in [1.29, 1.82) is 5.26 Å². The second kappa shape index (κ2) is 36.7. The molecule has 0 aliphatic rings. The molecule has 22 valence electrons. The van der Waals surface area contributed by atoms with Crippen molar-refractivity contribution in [3.8, 4) is 6.57 Å². The minimum Gasteiger partial charge on any atom is -1.00 e. The van der Waals surface area contributed by atoms with E-state index in [1.165, 1.54) is 0 Å². The van der Waals surface area contributed by atoms with Crippen LogP contribution >= 0.6 is 0 Å². The van der Waals surface area contributed by atoms with E-state index in [4.69, 9.17) is 5.26 Å². The van der Waals surface area contributed by atoms with Gasteiger partial charge in [0.2, 0.25) is 0 Å². The molecule has 0 aromatic carbocycles. The van der Waals surface area contributed by atoms with E-state index in [1.54, 1.807) is 0 Å². The molecule has 0 rings (SSSR count). The van der Waals surface area contributed by atoms with E-state index in [0.29, 0.717) is 0 Å². The van der Waals surface area contributed by atoms with E-state index in [0.717, 1.165) is 0 Å². The van der Waals surface area contributed by atoms with Crippen LogP contribution in [0, 0.1) is 11.8 Å². The van der Waals surface area contributed by atoms with Crippen LogP contribution in [0.3, 0.4) is 0 Å². The number of nitrogens with zero attached hydrogens (tertiary/aromatic N) is 1. The van der Waals surface area contributed by atoms with Gasteiger partial charge in [-0.2, -0.15) is 0 Å². The zero-order valence-corrected chi connectivity index (χ0v) is 5.33. The molecule has 0 aliphatic heterocycles. The number of nitriles is 1. The van der Waals surface area contributed by atoms with Crippen LogP contribution in [0.15, 0.2) is 0 Å². The topological polar surface area (TPSA) is 23.8 Å². The zero-order chi connectivity index (χ0) is 2.00. The third-order valence-electron chi connectivity index (χ3n) is 0. The summed E-state index contributed by atoms with van der Waals surface area (Å²) in [6.07, 6.45) is 0. The molecule has 0 saturated carbocycles. The Hall–Kier alpha value is 0.984. The first-order chi connectivity index (χ1) is 1.00. The Morgan fingerprint density at radius 3 is 1.50 bits per heavy atom. The van der Waals surface area contributed by atoms with Crippen molar-refractivity contribution in [2.75, 3.05) is 0 Å². The van der Waals surface area contributed by atoms with Crippen LogP contribution < -0.4 is 29.6 Å². The average molecular weight is 110 g/mol. The fourth-order valence-corrected chi connectivity index (χ4v) is 0. The molecule has 0 atom stereocenters. The number of hydrogen-bond acceptors (Lipinski definition) is 1. The molecule has 0 fully saturated rings. The molecule has 0 radical (unpaired) electrons. The Bertz CT molecular complexity index is 16.4. The monoisotopic (exact) mass is 109 g/mol. The van der Waals surface area contributed by atoms with E-state index in [-0.39, 0.29) is 47.5 Å². The fraction of sp³-hybridized carbons (Fsp3) is 0. The molecule has 0 amide bonds. The molecule has 0 N–H and O–H groups in total. The number of rotatable bonds is 0. The summed E-state index contributed by atoms with van der Waals surface area (Å²) >= 11 is 0. The van der Waals surface area contributed by atoms with Crippen LogP contribution in [-0.4, -0.2) is 0 Å². The van der Waals surface area contributed by atoms with Crippen LogP contribution in [-0.2, 0) is 16.5 Å². The first-order valence-corrected chi connectivity index (χ1v) is 0.258. The number of hydrogen-bond donors (Lipinski definition) is 0. The van der Waals surface area contributed by atoms with E-state index in [2.05, 4.69) is 6.57 Å². The van der Waals surface area contributed by atoms with Gasteiger partial charge in [-0.3, -0.25) is 0 Å². The molecule has 0 aliphatic carbocycles. The molecule has 0 spiro atoms. The molecule has 0 aromatic heterocycles. The Balaban J connectivity index is -0.00000000167. The van der Waals surface area contributed by atoms with Crippen molar-refractivity contribution in [1.82, 2.24) is 0 Å². The minimum absolute atomic E-state index is 0. The van der Waals surface area contributed by atoms with Crippen LogP contribution in [0.5, 0.6) is 0 Å². The molecular weight excluding hydrogens is 108 g/mol. The third kappa shape index (κ3) is 12.1. The van der Waals surface area contributed by atoms with E-state index >= 15 is 0 Å². The van der Waals surface area contributed by atoms with E-state index in [9.17, 15) is 0 Å². The second-order valence-electron chi connectivity index (χ2n) is 0. The maximum absolute atomic E-state index is 6.50. The maximum atomic E-state index is 6.50. The summed E-state index contributed by atoms with van der Waals surface area (Å²) in [6.45, 7) is 3.50. The van der Waals surface area contributed by atoms with Crippen molar-refractivity contribution >= 4 is 0 Å². The summed E-state index contributed by atoms with van der Waals surface area (Å²) in [7, 11) is 0. The average Bonchev–Trinajstić information content (AvgIpc) is 1.00. The van der Waals surface area contributed by atoms with E-state index in [1.807, 2.05) is 0 Å². The molecule has 0 unspecified atom stereocenters. The van der Waals surface area contributed by atoms with Gasteiger partial charge < -0.3 is 1.43 Å². The molecule has 0 saturated heterocycles. The van der Waals surface area contributed by atoms with Crippen molar-refractivity contribution in [2.24, 2.45) is 0 Å². The SMILES string of the molecule is C#N.[H-].[Na+].[Ni]. The molecule has 0 bridgehead atoms. The largest absolute Gasteiger partial charge is 1.00 e. The summed E-state index contributed by atoms with van der Waals surface area (Å²) in [5.41, 5.74) is 0. The van der Waals surface area contributed by atoms with Gasteiger partial charge in [0.1, 0.15) is 0 Å². The second-order valence-corrected chi connectivity index (χ2v) is 0. The van der Waals surface area contributed by atoms with Gasteiger partial charge in [-0.1, -0.05) is 0 Å². The Morgan fingerprint density at radius 1 is 1.50 bits per heavy atom. The molecular formula is CH2NNaNi. The van der Waals surface area contributed by atoms with Gasteiger partial charge in [-0.05, 0) is 0 Å². The maximum Gasteiger partial charge on any atom is 1.00 e. The van der Waals surface area contributed by atoms with Gasteiger partial charge in [-0.25, -0.2) is 5.26 Å². The van der Waals surface area contributed by atoms with Crippen LogP contribution in [0.1, 0.15) is 1.43 Å². The predicted octanol–water partition coefficient (Wildman–Crippen LogP) is -2.75. The Morgan fingerprint density at radius 2 is 1.50 bits per heavy atom. The van der Waals surface area contributed by atoms with Gasteiger partial charge >= 0.3 is 29.6 Å². The van der Waals surface area contributed by atoms with Gasteiger partial charge in [0.15, 0.2) is 0 Å². The van der Waals surface area contributed by atoms with Crippen LogP contribution in [0.4, 0.5) is 0 Å². The standard InChI is InChI=1S/CHN.Na.Ni.H/c1-2;;;/h1H;;;/q;+1;;-1. The van der Waals surface area contributed by atoms with Crippen molar-refractivity contribution < 1.29 is 47.5 Å². The summed E-state index contributed by atoms with van der Waals surface area (Å²) in [6, 6.07) is 0. The summed E-state index contributed by atoms with van der Waals surface area (Å²) in [4.78, 5) is 0. The molecule has 0 aromatic rings. The van der Waals surface area contributed by atoms with Gasteiger partial charge in [-0.15, -0.1) is 0 Å². The summed E-state index contributed by atoms with van der Waals surface area (Å²) in [5, 5.41) is 6.50. The molecule has 0 heterocycles. The van der Waals surface area contributed by atoms with Gasteiger partial charge in [0.25, 0.3) is 0 Å². The zero-order valence-electron chi connectivity index (χ0n) is 3.34. The summed E-state index contributed by atoms with van der Waals surface area (Å²) < 4.78 is 0. The molecule has 3 heteroatoms.